The maximum Gasteiger partial charge on any atom is 0.255 e. The predicted octanol–water partition coefficient (Wildman–Crippen LogP) is 3.28. The Hall–Kier alpha value is -1.38. The Morgan fingerprint density at radius 2 is 1.95 bits per heavy atom. The molecule has 3 heteroatoms. The van der Waals surface area contributed by atoms with Crippen molar-refractivity contribution in [2.24, 2.45) is 5.41 Å². The molecule has 20 heavy (non-hydrogen) atoms. The SMILES string of the molecule is Cc1nc(C2CC2)ccc1C(=O)N1CC2(CCCC2)C1. The van der Waals surface area contributed by atoms with Gasteiger partial charge in [0.05, 0.1) is 11.3 Å². The molecule has 0 radical (unpaired) electrons. The van der Waals surface area contributed by atoms with Crippen LogP contribution in [0.1, 0.15) is 66.2 Å². The lowest BCUT2D eigenvalue weighted by molar-refractivity contribution is 0.00922. The minimum atomic E-state index is 0.190. The zero-order valence-corrected chi connectivity index (χ0v) is 12.2. The largest absolute Gasteiger partial charge is 0.337 e. The van der Waals surface area contributed by atoms with Gasteiger partial charge in [0.1, 0.15) is 0 Å². The highest BCUT2D eigenvalue weighted by Crippen LogP contribution is 2.46. The molecular weight excluding hydrogens is 248 g/mol. The van der Waals surface area contributed by atoms with Crippen LogP contribution in [0.25, 0.3) is 0 Å². The van der Waals surface area contributed by atoms with E-state index in [1.807, 2.05) is 17.9 Å². The van der Waals surface area contributed by atoms with Crippen molar-refractivity contribution in [2.75, 3.05) is 13.1 Å². The number of pyridine rings is 1. The fourth-order valence-electron chi connectivity index (χ4n) is 3.93. The highest BCUT2D eigenvalue weighted by atomic mass is 16.2. The van der Waals surface area contributed by atoms with Gasteiger partial charge in [-0.05, 0) is 44.7 Å². The van der Waals surface area contributed by atoms with Crippen LogP contribution in [0.5, 0.6) is 0 Å². The smallest absolute Gasteiger partial charge is 0.255 e. The van der Waals surface area contributed by atoms with Crippen LogP contribution < -0.4 is 0 Å². The van der Waals surface area contributed by atoms with Gasteiger partial charge in [0, 0.05) is 30.1 Å². The Morgan fingerprint density at radius 1 is 1.25 bits per heavy atom. The van der Waals surface area contributed by atoms with Crippen LogP contribution in [-0.4, -0.2) is 28.9 Å². The molecule has 0 unspecified atom stereocenters. The van der Waals surface area contributed by atoms with Gasteiger partial charge in [-0.25, -0.2) is 0 Å². The van der Waals surface area contributed by atoms with Gasteiger partial charge >= 0.3 is 0 Å². The topological polar surface area (TPSA) is 33.2 Å². The molecule has 106 valence electrons. The number of amides is 1. The van der Waals surface area contributed by atoms with Crippen LogP contribution in [0.15, 0.2) is 12.1 Å². The van der Waals surface area contributed by atoms with Crippen molar-refractivity contribution in [2.45, 2.75) is 51.4 Å². The third-order valence-corrected chi connectivity index (χ3v) is 5.34. The normalized spacial score (nSPS) is 23.9. The first kappa shape index (κ1) is 12.4. The first-order valence-electron chi connectivity index (χ1n) is 7.94. The Bertz CT molecular complexity index is 548. The molecule has 0 aromatic carbocycles. The van der Waals surface area contributed by atoms with Crippen LogP contribution >= 0.6 is 0 Å². The van der Waals surface area contributed by atoms with E-state index < -0.39 is 0 Å². The summed E-state index contributed by atoms with van der Waals surface area (Å²) >= 11 is 0. The minimum absolute atomic E-state index is 0.190. The van der Waals surface area contributed by atoms with Crippen molar-refractivity contribution < 1.29 is 4.79 Å². The number of carbonyl (C=O) groups is 1. The van der Waals surface area contributed by atoms with Gasteiger partial charge in [-0.3, -0.25) is 9.78 Å². The van der Waals surface area contributed by atoms with Crippen LogP contribution in [0, 0.1) is 12.3 Å². The van der Waals surface area contributed by atoms with Gasteiger partial charge in [-0.2, -0.15) is 0 Å². The quantitative estimate of drug-likeness (QED) is 0.826. The summed E-state index contributed by atoms with van der Waals surface area (Å²) in [4.78, 5) is 19.2. The summed E-state index contributed by atoms with van der Waals surface area (Å²) in [6, 6.07) is 4.06. The van der Waals surface area contributed by atoms with E-state index in [9.17, 15) is 4.79 Å². The molecule has 2 heterocycles. The summed E-state index contributed by atoms with van der Waals surface area (Å²) in [7, 11) is 0. The summed E-state index contributed by atoms with van der Waals surface area (Å²) in [6.07, 6.45) is 7.84. The lowest BCUT2D eigenvalue weighted by atomic mass is 9.78. The fourth-order valence-corrected chi connectivity index (χ4v) is 3.93. The summed E-state index contributed by atoms with van der Waals surface area (Å²) in [5.74, 6) is 0.846. The molecule has 1 aromatic heterocycles. The molecule has 3 nitrogen and oxygen atoms in total. The highest BCUT2D eigenvalue weighted by molar-refractivity contribution is 5.95. The van der Waals surface area contributed by atoms with E-state index in [0.29, 0.717) is 11.3 Å². The van der Waals surface area contributed by atoms with Crippen LogP contribution in [0.3, 0.4) is 0 Å². The molecule has 1 amide bonds. The molecule has 3 aliphatic rings. The molecule has 0 bridgehead atoms. The number of aryl methyl sites for hydroxylation is 1. The molecule has 3 fully saturated rings. The van der Waals surface area contributed by atoms with E-state index >= 15 is 0 Å². The zero-order valence-electron chi connectivity index (χ0n) is 12.2. The number of rotatable bonds is 2. The third kappa shape index (κ3) is 1.95. The monoisotopic (exact) mass is 270 g/mol. The maximum absolute atomic E-state index is 12.6. The maximum atomic E-state index is 12.6. The van der Waals surface area contributed by atoms with Gasteiger partial charge in [0.25, 0.3) is 5.91 Å². The Labute approximate surface area is 120 Å². The van der Waals surface area contributed by atoms with Gasteiger partial charge in [0.2, 0.25) is 0 Å². The summed E-state index contributed by atoms with van der Waals surface area (Å²) < 4.78 is 0. The van der Waals surface area contributed by atoms with E-state index in [4.69, 9.17) is 0 Å². The summed E-state index contributed by atoms with van der Waals surface area (Å²) in [6.45, 7) is 3.91. The van der Waals surface area contributed by atoms with Crippen molar-refractivity contribution in [1.29, 1.82) is 0 Å². The number of aromatic nitrogens is 1. The molecule has 0 N–H and O–H groups in total. The van der Waals surface area contributed by atoms with E-state index in [1.165, 1.54) is 44.2 Å². The van der Waals surface area contributed by atoms with Crippen molar-refractivity contribution in [3.05, 3.63) is 29.1 Å². The van der Waals surface area contributed by atoms with Gasteiger partial charge in [-0.1, -0.05) is 12.8 Å². The minimum Gasteiger partial charge on any atom is -0.337 e. The summed E-state index contributed by atoms with van der Waals surface area (Å²) in [5.41, 5.74) is 3.37. The molecular formula is C17H22N2O. The van der Waals surface area contributed by atoms with E-state index in [1.54, 1.807) is 0 Å². The highest BCUT2D eigenvalue weighted by Gasteiger charge is 2.46. The molecule has 1 saturated heterocycles. The molecule has 4 rings (SSSR count). The molecule has 2 aliphatic carbocycles. The number of hydrogen-bond acceptors (Lipinski definition) is 2. The zero-order chi connectivity index (χ0) is 13.7. The first-order valence-corrected chi connectivity index (χ1v) is 7.94. The Kier molecular flexibility index (Phi) is 2.66. The van der Waals surface area contributed by atoms with Crippen molar-refractivity contribution in [3.63, 3.8) is 0 Å². The van der Waals surface area contributed by atoms with E-state index in [-0.39, 0.29) is 5.91 Å². The Morgan fingerprint density at radius 3 is 2.55 bits per heavy atom. The van der Waals surface area contributed by atoms with E-state index in [0.717, 1.165) is 24.3 Å². The number of likely N-dealkylation sites (tertiary alicyclic amines) is 1. The fraction of sp³-hybridized carbons (Fsp3) is 0.647. The lowest BCUT2D eigenvalue weighted by Crippen LogP contribution is -2.57. The van der Waals surface area contributed by atoms with Gasteiger partial charge < -0.3 is 4.90 Å². The van der Waals surface area contributed by atoms with E-state index in [2.05, 4.69) is 11.1 Å². The average Bonchev–Trinajstić information content (AvgIpc) is 3.13. The van der Waals surface area contributed by atoms with Crippen molar-refractivity contribution in [3.8, 4) is 0 Å². The summed E-state index contributed by atoms with van der Waals surface area (Å²) in [5, 5.41) is 0. The molecule has 1 aromatic rings. The van der Waals surface area contributed by atoms with Crippen molar-refractivity contribution >= 4 is 5.91 Å². The predicted molar refractivity (Wildman–Crippen MR) is 77.8 cm³/mol. The number of nitrogens with zero attached hydrogens (tertiary/aromatic N) is 2. The molecule has 1 aliphatic heterocycles. The van der Waals surface area contributed by atoms with Crippen LogP contribution in [0.4, 0.5) is 0 Å². The molecule has 0 atom stereocenters. The average molecular weight is 270 g/mol. The number of hydrogen-bond donors (Lipinski definition) is 0. The standard InChI is InChI=1S/C17H22N2O/c1-12-14(6-7-15(18-12)13-4-5-13)16(20)19-10-17(11-19)8-2-3-9-17/h6-7,13H,2-5,8-11H2,1H3. The van der Waals surface area contributed by atoms with Crippen molar-refractivity contribution in [1.82, 2.24) is 9.88 Å². The second kappa shape index (κ2) is 4.31. The third-order valence-electron chi connectivity index (χ3n) is 5.34. The second-order valence-electron chi connectivity index (χ2n) is 7.01. The van der Waals surface area contributed by atoms with Crippen LogP contribution in [-0.2, 0) is 0 Å². The first-order chi connectivity index (χ1) is 9.67. The Balaban J connectivity index is 1.48. The lowest BCUT2D eigenvalue weighted by Gasteiger charge is -2.48. The van der Waals surface area contributed by atoms with Gasteiger partial charge in [-0.15, -0.1) is 0 Å². The van der Waals surface area contributed by atoms with Gasteiger partial charge in [0.15, 0.2) is 0 Å². The number of carbonyl (C=O) groups excluding carboxylic acids is 1. The molecule has 1 spiro atoms. The van der Waals surface area contributed by atoms with Crippen LogP contribution in [0.2, 0.25) is 0 Å². The molecule has 2 saturated carbocycles. The second-order valence-corrected chi connectivity index (χ2v) is 7.01.